The van der Waals surface area contributed by atoms with Gasteiger partial charge in [-0.25, -0.2) is 0 Å². The number of morpholine rings is 2. The van der Waals surface area contributed by atoms with Gasteiger partial charge in [0, 0.05) is 32.2 Å². The summed E-state index contributed by atoms with van der Waals surface area (Å²) in [6.45, 7) is 9.35. The molecular formula is C14H24N4O3. The van der Waals surface area contributed by atoms with Gasteiger partial charge in [-0.1, -0.05) is 5.16 Å². The Bertz CT molecular complexity index is 445. The first-order chi connectivity index (χ1) is 10.2. The molecule has 1 N–H and O–H groups in total. The van der Waals surface area contributed by atoms with Crippen LogP contribution in [0.25, 0.3) is 0 Å². The molecule has 2 unspecified atom stereocenters. The van der Waals surface area contributed by atoms with Crippen molar-refractivity contribution in [3.05, 3.63) is 11.7 Å². The molecule has 7 nitrogen and oxygen atoms in total. The van der Waals surface area contributed by atoms with Crippen molar-refractivity contribution in [2.75, 3.05) is 39.4 Å². The van der Waals surface area contributed by atoms with Crippen molar-refractivity contribution in [1.82, 2.24) is 20.4 Å². The van der Waals surface area contributed by atoms with Gasteiger partial charge in [0.25, 0.3) is 0 Å². The fourth-order valence-corrected chi connectivity index (χ4v) is 2.72. The molecule has 2 aliphatic heterocycles. The lowest BCUT2D eigenvalue weighted by Gasteiger charge is -2.34. The number of hydrogen-bond acceptors (Lipinski definition) is 7. The van der Waals surface area contributed by atoms with Gasteiger partial charge in [0.05, 0.1) is 25.7 Å². The van der Waals surface area contributed by atoms with Gasteiger partial charge in [-0.2, -0.15) is 4.98 Å². The van der Waals surface area contributed by atoms with Crippen LogP contribution in [0.1, 0.15) is 31.7 Å². The third kappa shape index (κ3) is 3.79. The molecule has 0 saturated carbocycles. The molecule has 3 rings (SSSR count). The summed E-state index contributed by atoms with van der Waals surface area (Å²) in [5, 5.41) is 7.38. The minimum Gasteiger partial charge on any atom is -0.375 e. The van der Waals surface area contributed by atoms with Gasteiger partial charge in [0.2, 0.25) is 11.7 Å². The Labute approximate surface area is 125 Å². The molecule has 2 fully saturated rings. The summed E-state index contributed by atoms with van der Waals surface area (Å²) in [4.78, 5) is 6.86. The molecule has 0 radical (unpaired) electrons. The van der Waals surface area contributed by atoms with Crippen molar-refractivity contribution in [3.8, 4) is 0 Å². The zero-order chi connectivity index (χ0) is 14.7. The van der Waals surface area contributed by atoms with Crippen molar-refractivity contribution < 1.29 is 14.0 Å². The summed E-state index contributed by atoms with van der Waals surface area (Å²) in [6, 6.07) is 0.504. The fourth-order valence-electron chi connectivity index (χ4n) is 2.72. The monoisotopic (exact) mass is 296 g/mol. The average Bonchev–Trinajstić information content (AvgIpc) is 2.97. The molecule has 0 aromatic carbocycles. The van der Waals surface area contributed by atoms with Gasteiger partial charge in [0.1, 0.15) is 6.10 Å². The Kier molecular flexibility index (Phi) is 4.84. The Morgan fingerprint density at radius 2 is 2.24 bits per heavy atom. The Balaban J connectivity index is 1.58. The summed E-state index contributed by atoms with van der Waals surface area (Å²) >= 11 is 0. The topological polar surface area (TPSA) is 72.7 Å². The smallest absolute Gasteiger partial charge is 0.229 e. The van der Waals surface area contributed by atoms with Crippen molar-refractivity contribution >= 4 is 0 Å². The first-order valence-electron chi connectivity index (χ1n) is 7.73. The number of hydrogen-bond donors (Lipinski definition) is 1. The van der Waals surface area contributed by atoms with E-state index < -0.39 is 0 Å². The lowest BCUT2D eigenvalue weighted by atomic mass is 10.2. The van der Waals surface area contributed by atoms with Gasteiger partial charge in [-0.3, -0.25) is 4.90 Å². The van der Waals surface area contributed by atoms with Crippen molar-refractivity contribution in [1.29, 1.82) is 0 Å². The number of ether oxygens (including phenoxy) is 2. The zero-order valence-electron chi connectivity index (χ0n) is 12.7. The molecule has 2 atom stereocenters. The highest BCUT2D eigenvalue weighted by Crippen LogP contribution is 2.21. The minimum absolute atomic E-state index is 0.0935. The number of aromatic nitrogens is 2. The van der Waals surface area contributed by atoms with E-state index in [0.717, 1.165) is 32.8 Å². The van der Waals surface area contributed by atoms with Crippen LogP contribution in [-0.4, -0.2) is 66.6 Å². The van der Waals surface area contributed by atoms with Crippen LogP contribution in [0.15, 0.2) is 4.52 Å². The lowest BCUT2D eigenvalue weighted by molar-refractivity contribution is -0.0450. The number of rotatable bonds is 4. The van der Waals surface area contributed by atoms with Crippen molar-refractivity contribution in [3.63, 3.8) is 0 Å². The maximum absolute atomic E-state index is 5.78. The van der Waals surface area contributed by atoms with E-state index in [9.17, 15) is 0 Å². The molecule has 0 spiro atoms. The zero-order valence-corrected chi connectivity index (χ0v) is 12.7. The lowest BCUT2D eigenvalue weighted by Crippen LogP contribution is -2.42. The third-order valence-electron chi connectivity index (χ3n) is 4.01. The van der Waals surface area contributed by atoms with E-state index in [4.69, 9.17) is 14.0 Å². The summed E-state index contributed by atoms with van der Waals surface area (Å²) in [5.41, 5.74) is 0. The SMILES string of the molecule is CC(C)N1CCOC(c2noc(CC3CNCCO3)n2)C1. The predicted octanol–water partition coefficient (Wildman–Crippen LogP) is 0.382. The normalized spacial score (nSPS) is 28.1. The number of nitrogens with zero attached hydrogens (tertiary/aromatic N) is 3. The van der Waals surface area contributed by atoms with Gasteiger partial charge >= 0.3 is 0 Å². The molecule has 1 aromatic heterocycles. The van der Waals surface area contributed by atoms with E-state index in [-0.39, 0.29) is 12.2 Å². The third-order valence-corrected chi connectivity index (χ3v) is 4.01. The van der Waals surface area contributed by atoms with E-state index in [1.807, 2.05) is 0 Å². The summed E-state index contributed by atoms with van der Waals surface area (Å²) in [6.07, 6.45) is 0.677. The number of nitrogens with one attached hydrogen (secondary N) is 1. The highest BCUT2D eigenvalue weighted by Gasteiger charge is 2.28. The van der Waals surface area contributed by atoms with Gasteiger partial charge in [0.15, 0.2) is 0 Å². The molecule has 118 valence electrons. The summed E-state index contributed by atoms with van der Waals surface area (Å²) < 4.78 is 16.8. The van der Waals surface area contributed by atoms with E-state index >= 15 is 0 Å². The molecule has 21 heavy (non-hydrogen) atoms. The Hall–Kier alpha value is -1.02. The van der Waals surface area contributed by atoms with Crippen LogP contribution in [0.4, 0.5) is 0 Å². The van der Waals surface area contributed by atoms with Crippen molar-refractivity contribution in [2.24, 2.45) is 0 Å². The van der Waals surface area contributed by atoms with E-state index in [1.165, 1.54) is 0 Å². The standard InChI is InChI=1S/C14H24N4O3/c1-10(2)18-4-6-20-12(9-18)14-16-13(21-17-14)7-11-8-15-3-5-19-11/h10-12,15H,3-9H2,1-2H3. The Morgan fingerprint density at radius 1 is 1.33 bits per heavy atom. The highest BCUT2D eigenvalue weighted by molar-refractivity contribution is 4.96. The maximum Gasteiger partial charge on any atom is 0.229 e. The maximum atomic E-state index is 5.78. The van der Waals surface area contributed by atoms with Crippen LogP contribution in [0.3, 0.4) is 0 Å². The molecule has 2 aliphatic rings. The molecule has 3 heterocycles. The van der Waals surface area contributed by atoms with Gasteiger partial charge in [-0.15, -0.1) is 0 Å². The van der Waals surface area contributed by atoms with Crippen LogP contribution < -0.4 is 5.32 Å². The van der Waals surface area contributed by atoms with Crippen molar-refractivity contribution in [2.45, 2.75) is 38.5 Å². The van der Waals surface area contributed by atoms with Gasteiger partial charge in [-0.05, 0) is 13.8 Å². The molecule has 0 aliphatic carbocycles. The van der Waals surface area contributed by atoms with E-state index in [0.29, 0.717) is 30.8 Å². The summed E-state index contributed by atoms with van der Waals surface area (Å²) in [5.74, 6) is 1.28. The van der Waals surface area contributed by atoms with Crippen LogP contribution in [0.2, 0.25) is 0 Å². The first kappa shape index (κ1) is 14.9. The highest BCUT2D eigenvalue weighted by atomic mass is 16.5. The molecule has 0 bridgehead atoms. The average molecular weight is 296 g/mol. The van der Waals surface area contributed by atoms with E-state index in [2.05, 4.69) is 34.2 Å². The molecular weight excluding hydrogens is 272 g/mol. The minimum atomic E-state index is -0.0935. The second-order valence-corrected chi connectivity index (χ2v) is 5.90. The summed E-state index contributed by atoms with van der Waals surface area (Å²) in [7, 11) is 0. The van der Waals surface area contributed by atoms with E-state index in [1.54, 1.807) is 0 Å². The molecule has 2 saturated heterocycles. The van der Waals surface area contributed by atoms with Crippen LogP contribution >= 0.6 is 0 Å². The fraction of sp³-hybridized carbons (Fsp3) is 0.857. The largest absolute Gasteiger partial charge is 0.375 e. The Morgan fingerprint density at radius 3 is 3.00 bits per heavy atom. The quantitative estimate of drug-likeness (QED) is 0.861. The second-order valence-electron chi connectivity index (χ2n) is 5.90. The second kappa shape index (κ2) is 6.83. The van der Waals surface area contributed by atoms with Crippen LogP contribution in [0.5, 0.6) is 0 Å². The van der Waals surface area contributed by atoms with Gasteiger partial charge < -0.3 is 19.3 Å². The van der Waals surface area contributed by atoms with Crippen LogP contribution in [0, 0.1) is 0 Å². The predicted molar refractivity (Wildman–Crippen MR) is 76.0 cm³/mol. The van der Waals surface area contributed by atoms with Crippen LogP contribution in [-0.2, 0) is 15.9 Å². The molecule has 1 aromatic rings. The molecule has 7 heteroatoms. The molecule has 0 amide bonds. The first-order valence-corrected chi connectivity index (χ1v) is 7.73.